The van der Waals surface area contributed by atoms with Crippen LogP contribution in [-0.2, 0) is 0 Å². The first-order valence-corrected chi connectivity index (χ1v) is 3.46. The first kappa shape index (κ1) is 9.94. The van der Waals surface area contributed by atoms with Gasteiger partial charge in [0, 0.05) is 28.2 Å². The van der Waals surface area contributed by atoms with E-state index in [1.165, 1.54) is 0 Å². The molecule has 0 N–H and O–H groups in total. The monoisotopic (exact) mass is 156 g/mol. The van der Waals surface area contributed by atoms with Crippen molar-refractivity contribution < 1.29 is 0 Å². The molecular formula is C7H16N4. The summed E-state index contributed by atoms with van der Waals surface area (Å²) in [5.74, 6) is 0. The molecule has 0 aliphatic rings. The molecule has 0 aromatic rings. The molecular weight excluding hydrogens is 140 g/mol. The molecule has 4 heteroatoms. The maximum atomic E-state index is 4.12. The average Bonchev–Trinajstić information content (AvgIpc) is 1.82. The van der Waals surface area contributed by atoms with Crippen LogP contribution in [0.1, 0.15) is 6.92 Å². The first-order chi connectivity index (χ1) is 5.02. The molecule has 0 atom stereocenters. The minimum Gasteiger partial charge on any atom is -0.303 e. The normalized spacial score (nSPS) is 12.3. The maximum absolute atomic E-state index is 4.12. The summed E-state index contributed by atoms with van der Waals surface area (Å²) in [6.07, 6.45) is 1.72. The predicted octanol–water partition coefficient (Wildman–Crippen LogP) is 0.471. The molecule has 0 aromatic heterocycles. The van der Waals surface area contributed by atoms with Gasteiger partial charge in [0.05, 0.1) is 11.9 Å². The third-order valence-corrected chi connectivity index (χ3v) is 0.833. The van der Waals surface area contributed by atoms with Crippen LogP contribution in [0.15, 0.2) is 10.2 Å². The quantitative estimate of drug-likeness (QED) is 0.439. The Kier molecular flexibility index (Phi) is 4.26. The van der Waals surface area contributed by atoms with E-state index < -0.39 is 0 Å². The molecule has 0 heterocycles. The topological polar surface area (TPSA) is 31.2 Å². The molecule has 64 valence electrons. The maximum Gasteiger partial charge on any atom is 0.0774 e. The summed E-state index contributed by atoms with van der Waals surface area (Å²) in [5, 5.41) is 11.6. The molecule has 0 bridgehead atoms. The minimum absolute atomic E-state index is 0.892. The van der Waals surface area contributed by atoms with Crippen LogP contribution in [0.2, 0.25) is 0 Å². The van der Waals surface area contributed by atoms with Gasteiger partial charge in [-0.3, -0.25) is 0 Å². The highest BCUT2D eigenvalue weighted by Gasteiger charge is 1.85. The summed E-state index contributed by atoms with van der Waals surface area (Å²) >= 11 is 0. The second kappa shape index (κ2) is 4.71. The number of hydrogen-bond acceptors (Lipinski definition) is 4. The average molecular weight is 156 g/mol. The molecule has 0 spiro atoms. The van der Waals surface area contributed by atoms with Crippen molar-refractivity contribution >= 4 is 11.9 Å². The molecule has 0 amide bonds. The van der Waals surface area contributed by atoms with Crippen LogP contribution in [0.5, 0.6) is 0 Å². The minimum atomic E-state index is 0.892. The Morgan fingerprint density at radius 2 is 1.64 bits per heavy atom. The second-order valence-electron chi connectivity index (χ2n) is 2.68. The molecule has 4 nitrogen and oxygen atoms in total. The van der Waals surface area contributed by atoms with Crippen LogP contribution in [0, 0.1) is 0 Å². The van der Waals surface area contributed by atoms with Crippen molar-refractivity contribution in [2.24, 2.45) is 10.2 Å². The van der Waals surface area contributed by atoms with E-state index in [-0.39, 0.29) is 0 Å². The third kappa shape index (κ3) is 6.83. The van der Waals surface area contributed by atoms with E-state index in [1.54, 1.807) is 16.2 Å². The summed E-state index contributed by atoms with van der Waals surface area (Å²) < 4.78 is 0. The van der Waals surface area contributed by atoms with E-state index >= 15 is 0 Å². The number of rotatable bonds is 3. The fourth-order valence-electron chi connectivity index (χ4n) is 0.540. The fourth-order valence-corrected chi connectivity index (χ4v) is 0.540. The van der Waals surface area contributed by atoms with E-state index in [4.69, 9.17) is 0 Å². The Morgan fingerprint density at radius 1 is 1.09 bits per heavy atom. The molecule has 0 rings (SSSR count). The zero-order valence-corrected chi connectivity index (χ0v) is 7.87. The molecule has 0 saturated carbocycles. The van der Waals surface area contributed by atoms with Crippen LogP contribution < -0.4 is 0 Å². The lowest BCUT2D eigenvalue weighted by molar-refractivity contribution is 0.435. The van der Waals surface area contributed by atoms with E-state index in [0.717, 1.165) is 5.71 Å². The first-order valence-electron chi connectivity index (χ1n) is 3.46. The molecule has 0 aliphatic heterocycles. The van der Waals surface area contributed by atoms with E-state index in [9.17, 15) is 0 Å². The number of hydrogen-bond donors (Lipinski definition) is 0. The molecule has 0 saturated heterocycles. The number of nitrogens with zero attached hydrogens (tertiary/aromatic N) is 4. The number of hydrazone groups is 2. The van der Waals surface area contributed by atoms with Crippen LogP contribution in [0.25, 0.3) is 0 Å². The van der Waals surface area contributed by atoms with Gasteiger partial charge in [0.1, 0.15) is 0 Å². The van der Waals surface area contributed by atoms with Crippen molar-refractivity contribution in [2.45, 2.75) is 6.92 Å². The van der Waals surface area contributed by atoms with Crippen molar-refractivity contribution in [3.63, 3.8) is 0 Å². The Hall–Kier alpha value is -1.06. The van der Waals surface area contributed by atoms with E-state index in [2.05, 4.69) is 10.2 Å². The van der Waals surface area contributed by atoms with Gasteiger partial charge in [-0.1, -0.05) is 0 Å². The lowest BCUT2D eigenvalue weighted by Crippen LogP contribution is -2.09. The molecule has 0 radical (unpaired) electrons. The smallest absolute Gasteiger partial charge is 0.0774 e. The Bertz CT molecular complexity index is 158. The summed E-state index contributed by atoms with van der Waals surface area (Å²) in [5.41, 5.74) is 0.892. The fraction of sp³-hybridized carbons (Fsp3) is 0.714. The lowest BCUT2D eigenvalue weighted by atomic mass is 10.5. The highest BCUT2D eigenvalue weighted by Crippen LogP contribution is 1.79. The Labute approximate surface area is 68.2 Å². The van der Waals surface area contributed by atoms with E-state index in [0.29, 0.717) is 0 Å². The van der Waals surface area contributed by atoms with Crippen LogP contribution in [-0.4, -0.2) is 50.1 Å². The van der Waals surface area contributed by atoms with Crippen molar-refractivity contribution in [3.8, 4) is 0 Å². The van der Waals surface area contributed by atoms with Crippen molar-refractivity contribution in [1.29, 1.82) is 0 Å². The van der Waals surface area contributed by atoms with Crippen LogP contribution in [0.4, 0.5) is 0 Å². The molecule has 0 unspecified atom stereocenters. The van der Waals surface area contributed by atoms with Gasteiger partial charge in [-0.15, -0.1) is 0 Å². The Balaban J connectivity index is 3.95. The van der Waals surface area contributed by atoms with Gasteiger partial charge < -0.3 is 10.0 Å². The van der Waals surface area contributed by atoms with Crippen molar-refractivity contribution in [1.82, 2.24) is 10.0 Å². The van der Waals surface area contributed by atoms with Gasteiger partial charge in [0.2, 0.25) is 0 Å². The summed E-state index contributed by atoms with van der Waals surface area (Å²) in [6.45, 7) is 1.91. The van der Waals surface area contributed by atoms with Crippen molar-refractivity contribution in [2.75, 3.05) is 28.2 Å². The highest BCUT2D eigenvalue weighted by atomic mass is 15.4. The summed E-state index contributed by atoms with van der Waals surface area (Å²) in [7, 11) is 7.51. The standard InChI is InChI=1S/C7H16N4/c1-7(9-11(4)5)6-8-10(2)3/h6H,1-5H3/b8-6?,9-7+. The predicted molar refractivity (Wildman–Crippen MR) is 49.0 cm³/mol. The molecule has 0 fully saturated rings. The third-order valence-electron chi connectivity index (χ3n) is 0.833. The highest BCUT2D eigenvalue weighted by molar-refractivity contribution is 6.29. The zero-order chi connectivity index (χ0) is 8.85. The Morgan fingerprint density at radius 3 is 2.00 bits per heavy atom. The van der Waals surface area contributed by atoms with Gasteiger partial charge in [0.15, 0.2) is 0 Å². The van der Waals surface area contributed by atoms with Gasteiger partial charge in [0.25, 0.3) is 0 Å². The van der Waals surface area contributed by atoms with Crippen LogP contribution in [0.3, 0.4) is 0 Å². The second-order valence-corrected chi connectivity index (χ2v) is 2.68. The lowest BCUT2D eigenvalue weighted by Gasteiger charge is -2.05. The van der Waals surface area contributed by atoms with Gasteiger partial charge >= 0.3 is 0 Å². The molecule has 0 aromatic carbocycles. The zero-order valence-electron chi connectivity index (χ0n) is 7.87. The van der Waals surface area contributed by atoms with Gasteiger partial charge in [-0.05, 0) is 6.92 Å². The summed E-state index contributed by atoms with van der Waals surface area (Å²) in [6, 6.07) is 0. The molecule has 11 heavy (non-hydrogen) atoms. The summed E-state index contributed by atoms with van der Waals surface area (Å²) in [4.78, 5) is 0. The van der Waals surface area contributed by atoms with E-state index in [1.807, 2.05) is 35.1 Å². The van der Waals surface area contributed by atoms with Crippen LogP contribution >= 0.6 is 0 Å². The van der Waals surface area contributed by atoms with Gasteiger partial charge in [-0.25, -0.2) is 0 Å². The van der Waals surface area contributed by atoms with Gasteiger partial charge in [-0.2, -0.15) is 10.2 Å². The SMILES string of the molecule is C/C(C=NN(C)C)=N\N(C)C. The largest absolute Gasteiger partial charge is 0.303 e. The van der Waals surface area contributed by atoms with Crippen molar-refractivity contribution in [3.05, 3.63) is 0 Å². The molecule has 0 aliphatic carbocycles.